The van der Waals surface area contributed by atoms with Crippen LogP contribution in [0.15, 0.2) is 0 Å². The van der Waals surface area contributed by atoms with Crippen molar-refractivity contribution < 1.29 is 20.4 Å². The molecule has 4 nitrogen and oxygen atoms in total. The second kappa shape index (κ2) is 12.8. The van der Waals surface area contributed by atoms with Gasteiger partial charge in [0.1, 0.15) is 0 Å². The van der Waals surface area contributed by atoms with Crippen LogP contribution in [0, 0.1) is 0 Å². The Bertz CT molecular complexity index is 82.1. The number of unbranched alkanes of at least 4 members (excludes halogenated alkanes) is 1. The molecule has 2 unspecified atom stereocenters. The standard InChI is InChI=1S/C6H14O2.C4H10O2/c1-5(7)3-4-6(2)8;5-3-1-2-4-6/h5-8H,3-4H2,1-2H3;5-6H,1-4H2. The second-order valence-corrected chi connectivity index (χ2v) is 3.43. The average Bonchev–Trinajstić information content (AvgIpc) is 2.12. The Kier molecular flexibility index (Phi) is 14.9. The van der Waals surface area contributed by atoms with Crippen molar-refractivity contribution in [3.8, 4) is 0 Å². The van der Waals surface area contributed by atoms with Crippen molar-refractivity contribution in [2.75, 3.05) is 13.2 Å². The quantitative estimate of drug-likeness (QED) is 0.473. The van der Waals surface area contributed by atoms with E-state index in [1.54, 1.807) is 13.8 Å². The van der Waals surface area contributed by atoms with E-state index in [1.807, 2.05) is 0 Å². The van der Waals surface area contributed by atoms with Crippen molar-refractivity contribution in [2.45, 2.75) is 51.7 Å². The van der Waals surface area contributed by atoms with Crippen molar-refractivity contribution in [2.24, 2.45) is 0 Å². The fourth-order valence-electron chi connectivity index (χ4n) is 0.706. The van der Waals surface area contributed by atoms with Crippen molar-refractivity contribution in [3.05, 3.63) is 0 Å². The van der Waals surface area contributed by atoms with E-state index in [9.17, 15) is 0 Å². The summed E-state index contributed by atoms with van der Waals surface area (Å²) in [6.45, 7) is 3.84. The van der Waals surface area contributed by atoms with Crippen LogP contribution in [0.4, 0.5) is 0 Å². The smallest absolute Gasteiger partial charge is 0.0513 e. The molecule has 14 heavy (non-hydrogen) atoms. The largest absolute Gasteiger partial charge is 0.396 e. The maximum absolute atomic E-state index is 8.69. The zero-order valence-electron chi connectivity index (χ0n) is 9.19. The van der Waals surface area contributed by atoms with Crippen molar-refractivity contribution >= 4 is 0 Å². The molecule has 0 aromatic heterocycles. The third kappa shape index (κ3) is 22.6. The second-order valence-electron chi connectivity index (χ2n) is 3.43. The fourth-order valence-corrected chi connectivity index (χ4v) is 0.706. The minimum Gasteiger partial charge on any atom is -0.396 e. The monoisotopic (exact) mass is 208 g/mol. The van der Waals surface area contributed by atoms with E-state index in [0.29, 0.717) is 12.8 Å². The summed E-state index contributed by atoms with van der Waals surface area (Å²) in [5.74, 6) is 0. The van der Waals surface area contributed by atoms with Gasteiger partial charge in [0.05, 0.1) is 12.2 Å². The molecular formula is C10H24O4. The Labute approximate surface area is 86.2 Å². The highest BCUT2D eigenvalue weighted by Gasteiger charge is 1.98. The molecule has 0 aliphatic carbocycles. The predicted octanol–water partition coefficient (Wildman–Crippen LogP) is 0.279. The molecule has 0 spiro atoms. The summed E-state index contributed by atoms with van der Waals surface area (Å²) in [5.41, 5.74) is 0. The van der Waals surface area contributed by atoms with Gasteiger partial charge in [0.2, 0.25) is 0 Å². The average molecular weight is 208 g/mol. The van der Waals surface area contributed by atoms with E-state index in [4.69, 9.17) is 20.4 Å². The molecule has 0 bridgehead atoms. The normalized spacial score (nSPS) is 14.1. The molecule has 0 aromatic rings. The third-order valence-corrected chi connectivity index (χ3v) is 1.57. The number of rotatable bonds is 6. The van der Waals surface area contributed by atoms with E-state index in [0.717, 1.165) is 12.8 Å². The molecule has 88 valence electrons. The highest BCUT2D eigenvalue weighted by Crippen LogP contribution is 1.98. The van der Waals surface area contributed by atoms with Crippen LogP contribution < -0.4 is 0 Å². The Morgan fingerprint density at radius 3 is 1.21 bits per heavy atom. The summed E-state index contributed by atoms with van der Waals surface area (Å²) in [7, 11) is 0. The molecule has 0 heterocycles. The van der Waals surface area contributed by atoms with Gasteiger partial charge >= 0.3 is 0 Å². The van der Waals surface area contributed by atoms with Gasteiger partial charge in [-0.1, -0.05) is 0 Å². The van der Waals surface area contributed by atoms with Crippen LogP contribution in [0.2, 0.25) is 0 Å². The summed E-state index contributed by atoms with van der Waals surface area (Å²) >= 11 is 0. The SMILES string of the molecule is CC(O)CCC(C)O.OCCCCO. The first-order valence-corrected chi connectivity index (χ1v) is 5.12. The summed E-state index contributed by atoms with van der Waals surface area (Å²) in [5, 5.41) is 33.6. The van der Waals surface area contributed by atoms with Gasteiger partial charge in [-0.2, -0.15) is 0 Å². The summed E-state index contributed by atoms with van der Waals surface area (Å²) in [6.07, 6.45) is 2.27. The molecule has 0 aliphatic rings. The van der Waals surface area contributed by atoms with Gasteiger partial charge in [-0.15, -0.1) is 0 Å². The molecule has 0 saturated heterocycles. The summed E-state index contributed by atoms with van der Waals surface area (Å²) in [4.78, 5) is 0. The van der Waals surface area contributed by atoms with E-state index in [-0.39, 0.29) is 25.4 Å². The first-order valence-electron chi connectivity index (χ1n) is 5.12. The van der Waals surface area contributed by atoms with Gasteiger partial charge in [-0.3, -0.25) is 0 Å². The molecule has 0 rings (SSSR count). The van der Waals surface area contributed by atoms with Gasteiger partial charge in [-0.05, 0) is 39.5 Å². The lowest BCUT2D eigenvalue weighted by Crippen LogP contribution is -2.06. The maximum atomic E-state index is 8.69. The highest BCUT2D eigenvalue weighted by molar-refractivity contribution is 4.51. The van der Waals surface area contributed by atoms with Crippen molar-refractivity contribution in [3.63, 3.8) is 0 Å². The number of hydrogen-bond acceptors (Lipinski definition) is 4. The molecule has 0 amide bonds. The molecule has 0 radical (unpaired) electrons. The molecule has 2 atom stereocenters. The number of aliphatic hydroxyl groups excluding tert-OH is 4. The molecule has 4 heteroatoms. The van der Waals surface area contributed by atoms with Gasteiger partial charge in [-0.25, -0.2) is 0 Å². The maximum Gasteiger partial charge on any atom is 0.0513 e. The van der Waals surface area contributed by atoms with Crippen molar-refractivity contribution in [1.82, 2.24) is 0 Å². The molecule has 0 fully saturated rings. The van der Waals surface area contributed by atoms with Gasteiger partial charge in [0.15, 0.2) is 0 Å². The van der Waals surface area contributed by atoms with Crippen LogP contribution in [0.25, 0.3) is 0 Å². The molecule has 0 saturated carbocycles. The molecule has 0 aromatic carbocycles. The zero-order chi connectivity index (χ0) is 11.4. The van der Waals surface area contributed by atoms with Crippen LogP contribution >= 0.6 is 0 Å². The zero-order valence-corrected chi connectivity index (χ0v) is 9.19. The van der Waals surface area contributed by atoms with E-state index >= 15 is 0 Å². The van der Waals surface area contributed by atoms with Gasteiger partial charge in [0.25, 0.3) is 0 Å². The number of aliphatic hydroxyl groups is 4. The number of hydrogen-bond donors (Lipinski definition) is 4. The Morgan fingerprint density at radius 1 is 0.786 bits per heavy atom. The molecular weight excluding hydrogens is 184 g/mol. The van der Waals surface area contributed by atoms with E-state index in [2.05, 4.69) is 0 Å². The van der Waals surface area contributed by atoms with Crippen LogP contribution in [0.3, 0.4) is 0 Å². The first kappa shape index (κ1) is 16.3. The van der Waals surface area contributed by atoms with Crippen LogP contribution in [-0.4, -0.2) is 45.8 Å². The Balaban J connectivity index is 0. The van der Waals surface area contributed by atoms with Gasteiger partial charge in [0, 0.05) is 13.2 Å². The van der Waals surface area contributed by atoms with E-state index in [1.165, 1.54) is 0 Å². The van der Waals surface area contributed by atoms with Crippen molar-refractivity contribution in [1.29, 1.82) is 0 Å². The van der Waals surface area contributed by atoms with Gasteiger partial charge < -0.3 is 20.4 Å². The fraction of sp³-hybridized carbons (Fsp3) is 1.00. The lowest BCUT2D eigenvalue weighted by molar-refractivity contribution is 0.133. The first-order chi connectivity index (χ1) is 6.54. The van der Waals surface area contributed by atoms with Crippen LogP contribution in [0.5, 0.6) is 0 Å². The topological polar surface area (TPSA) is 80.9 Å². The minimum atomic E-state index is -0.274. The van der Waals surface area contributed by atoms with Crippen LogP contribution in [0.1, 0.15) is 39.5 Å². The highest BCUT2D eigenvalue weighted by atomic mass is 16.3. The lowest BCUT2D eigenvalue weighted by atomic mass is 10.1. The minimum absolute atomic E-state index is 0.195. The third-order valence-electron chi connectivity index (χ3n) is 1.57. The molecule has 0 aliphatic heterocycles. The summed E-state index contributed by atoms with van der Waals surface area (Å²) in [6, 6.07) is 0. The van der Waals surface area contributed by atoms with E-state index < -0.39 is 0 Å². The Morgan fingerprint density at radius 2 is 1.07 bits per heavy atom. The molecule has 4 N–H and O–H groups in total. The van der Waals surface area contributed by atoms with Crippen LogP contribution in [-0.2, 0) is 0 Å². The summed E-state index contributed by atoms with van der Waals surface area (Å²) < 4.78 is 0. The Hall–Kier alpha value is -0.160. The predicted molar refractivity (Wildman–Crippen MR) is 56.0 cm³/mol. The lowest BCUT2D eigenvalue weighted by Gasteiger charge is -2.04.